The average molecular weight is 316 g/mol. The van der Waals surface area contributed by atoms with Crippen molar-refractivity contribution in [2.45, 2.75) is 19.7 Å². The zero-order valence-corrected chi connectivity index (χ0v) is 11.8. The first kappa shape index (κ1) is 16.1. The average Bonchev–Trinajstić information content (AvgIpc) is 2.80. The molecular weight excluding hydrogens is 301 g/mol. The van der Waals surface area contributed by atoms with Crippen LogP contribution >= 0.6 is 0 Å². The van der Waals surface area contributed by atoms with Crippen molar-refractivity contribution < 1.29 is 27.5 Å². The highest BCUT2D eigenvalue weighted by atomic mass is 19.4. The Morgan fingerprint density at radius 1 is 1.41 bits per heavy atom. The van der Waals surface area contributed by atoms with E-state index in [1.807, 2.05) is 0 Å². The van der Waals surface area contributed by atoms with Crippen molar-refractivity contribution in [3.05, 3.63) is 24.3 Å². The molecule has 22 heavy (non-hydrogen) atoms. The second-order valence-electron chi connectivity index (χ2n) is 4.87. The Morgan fingerprint density at radius 2 is 2.09 bits per heavy atom. The molecule has 0 aromatic heterocycles. The van der Waals surface area contributed by atoms with E-state index in [0.29, 0.717) is 6.54 Å². The van der Waals surface area contributed by atoms with Crippen molar-refractivity contribution >= 4 is 17.5 Å². The second kappa shape index (κ2) is 6.25. The van der Waals surface area contributed by atoms with E-state index in [-0.39, 0.29) is 24.6 Å². The number of carbonyl (C=O) groups is 2. The molecule has 120 valence electrons. The van der Waals surface area contributed by atoms with E-state index < -0.39 is 23.9 Å². The zero-order chi connectivity index (χ0) is 16.3. The lowest BCUT2D eigenvalue weighted by atomic mass is 10.1. The first-order valence-electron chi connectivity index (χ1n) is 6.73. The van der Waals surface area contributed by atoms with Gasteiger partial charge in [-0.15, -0.1) is 13.2 Å². The molecule has 2 amide bonds. The van der Waals surface area contributed by atoms with Gasteiger partial charge in [0.15, 0.2) is 5.75 Å². The van der Waals surface area contributed by atoms with Crippen LogP contribution < -0.4 is 10.1 Å². The molecule has 1 heterocycles. The van der Waals surface area contributed by atoms with Crippen molar-refractivity contribution in [1.82, 2.24) is 4.90 Å². The number of nitrogens with zero attached hydrogens (tertiary/aromatic N) is 1. The first-order valence-corrected chi connectivity index (χ1v) is 6.73. The molecule has 1 saturated heterocycles. The van der Waals surface area contributed by atoms with E-state index >= 15 is 0 Å². The molecule has 0 saturated carbocycles. The number of benzene rings is 1. The van der Waals surface area contributed by atoms with Gasteiger partial charge >= 0.3 is 6.36 Å². The van der Waals surface area contributed by atoms with Gasteiger partial charge in [-0.05, 0) is 19.1 Å². The lowest BCUT2D eigenvalue weighted by molar-refractivity contribution is -0.274. The molecule has 5 nitrogen and oxygen atoms in total. The third-order valence-electron chi connectivity index (χ3n) is 3.34. The number of ether oxygens (including phenoxy) is 1. The molecule has 1 fully saturated rings. The highest BCUT2D eigenvalue weighted by Crippen LogP contribution is 2.30. The molecule has 0 radical (unpaired) electrons. The van der Waals surface area contributed by atoms with Crippen LogP contribution in [0.15, 0.2) is 24.3 Å². The molecular formula is C14H15F3N2O3. The molecule has 0 bridgehead atoms. The van der Waals surface area contributed by atoms with Crippen molar-refractivity contribution in [1.29, 1.82) is 0 Å². The predicted octanol–water partition coefficient (Wildman–Crippen LogP) is 2.39. The van der Waals surface area contributed by atoms with Crippen LogP contribution in [0.1, 0.15) is 13.3 Å². The van der Waals surface area contributed by atoms with Gasteiger partial charge in [0.05, 0.1) is 11.6 Å². The van der Waals surface area contributed by atoms with Gasteiger partial charge in [0, 0.05) is 19.5 Å². The van der Waals surface area contributed by atoms with E-state index in [0.717, 1.165) is 6.07 Å². The molecule has 0 spiro atoms. The molecule has 1 aliphatic rings. The number of amides is 2. The van der Waals surface area contributed by atoms with Crippen molar-refractivity contribution in [2.24, 2.45) is 5.92 Å². The second-order valence-corrected chi connectivity index (χ2v) is 4.87. The summed E-state index contributed by atoms with van der Waals surface area (Å²) in [5.41, 5.74) is -0.0766. The number of anilines is 1. The third kappa shape index (κ3) is 3.90. The Morgan fingerprint density at radius 3 is 2.68 bits per heavy atom. The SMILES string of the molecule is CCN1CC(C(=O)Nc2ccccc2OC(F)(F)F)CC1=O. The zero-order valence-electron chi connectivity index (χ0n) is 11.8. The Kier molecular flexibility index (Phi) is 4.58. The fourth-order valence-corrected chi connectivity index (χ4v) is 2.27. The van der Waals surface area contributed by atoms with Gasteiger partial charge in [-0.25, -0.2) is 0 Å². The van der Waals surface area contributed by atoms with Gasteiger partial charge < -0.3 is 15.0 Å². The maximum atomic E-state index is 12.3. The quantitative estimate of drug-likeness (QED) is 0.928. The lowest BCUT2D eigenvalue weighted by Gasteiger charge is -2.16. The Bertz CT molecular complexity index is 575. The normalized spacial score (nSPS) is 18.5. The molecule has 1 atom stereocenters. The third-order valence-corrected chi connectivity index (χ3v) is 3.34. The highest BCUT2D eigenvalue weighted by Gasteiger charge is 2.35. The van der Waals surface area contributed by atoms with Gasteiger partial charge in [-0.1, -0.05) is 12.1 Å². The molecule has 0 aliphatic carbocycles. The minimum absolute atomic E-state index is 0.0575. The number of para-hydroxylation sites is 2. The Balaban J connectivity index is 2.08. The van der Waals surface area contributed by atoms with Gasteiger partial charge in [-0.3, -0.25) is 9.59 Å². The van der Waals surface area contributed by atoms with Crippen LogP contribution in [0.5, 0.6) is 5.75 Å². The summed E-state index contributed by atoms with van der Waals surface area (Å²) < 4.78 is 40.8. The number of rotatable bonds is 4. The summed E-state index contributed by atoms with van der Waals surface area (Å²) in [4.78, 5) is 25.2. The summed E-state index contributed by atoms with van der Waals surface area (Å²) in [7, 11) is 0. The van der Waals surface area contributed by atoms with E-state index in [4.69, 9.17) is 0 Å². The van der Waals surface area contributed by atoms with E-state index in [2.05, 4.69) is 10.1 Å². The minimum Gasteiger partial charge on any atom is -0.404 e. The number of alkyl halides is 3. The molecule has 8 heteroatoms. The van der Waals surface area contributed by atoms with Crippen LogP contribution in [0.25, 0.3) is 0 Å². The number of hydrogen-bond acceptors (Lipinski definition) is 3. The van der Waals surface area contributed by atoms with Crippen LogP contribution in [0, 0.1) is 5.92 Å². The largest absolute Gasteiger partial charge is 0.573 e. The standard InChI is InChI=1S/C14H15F3N2O3/c1-2-19-8-9(7-12(19)20)13(21)18-10-5-3-4-6-11(10)22-14(15,16)17/h3-6,9H,2,7-8H2,1H3,(H,18,21). The Labute approximate surface area is 125 Å². The van der Waals surface area contributed by atoms with Crippen LogP contribution in [0.4, 0.5) is 18.9 Å². The monoisotopic (exact) mass is 316 g/mol. The van der Waals surface area contributed by atoms with Gasteiger partial charge in [0.1, 0.15) is 0 Å². The maximum Gasteiger partial charge on any atom is 0.573 e. The van der Waals surface area contributed by atoms with Gasteiger partial charge in [-0.2, -0.15) is 0 Å². The number of carbonyl (C=O) groups excluding carboxylic acids is 2. The number of hydrogen-bond donors (Lipinski definition) is 1. The number of halogens is 3. The minimum atomic E-state index is -4.84. The first-order chi connectivity index (χ1) is 10.3. The van der Waals surface area contributed by atoms with Crippen molar-refractivity contribution in [3.8, 4) is 5.75 Å². The summed E-state index contributed by atoms with van der Waals surface area (Å²) in [6, 6.07) is 5.28. The van der Waals surface area contributed by atoms with Crippen LogP contribution in [0.2, 0.25) is 0 Å². The van der Waals surface area contributed by atoms with Crippen molar-refractivity contribution in [3.63, 3.8) is 0 Å². The van der Waals surface area contributed by atoms with Crippen molar-refractivity contribution in [2.75, 3.05) is 18.4 Å². The smallest absolute Gasteiger partial charge is 0.404 e. The topological polar surface area (TPSA) is 58.6 Å². The molecule has 1 unspecified atom stereocenters. The summed E-state index contributed by atoms with van der Waals surface area (Å²) in [5, 5.41) is 2.40. The molecule has 1 aliphatic heterocycles. The van der Waals surface area contributed by atoms with Gasteiger partial charge in [0.2, 0.25) is 11.8 Å². The molecule has 1 aromatic rings. The summed E-state index contributed by atoms with van der Waals surface area (Å²) >= 11 is 0. The van der Waals surface area contributed by atoms with E-state index in [1.54, 1.807) is 6.92 Å². The highest BCUT2D eigenvalue weighted by molar-refractivity contribution is 5.98. The predicted molar refractivity (Wildman–Crippen MR) is 72.1 cm³/mol. The number of likely N-dealkylation sites (tertiary alicyclic amines) is 1. The fourth-order valence-electron chi connectivity index (χ4n) is 2.27. The molecule has 1 N–H and O–H groups in total. The molecule has 1 aromatic carbocycles. The summed E-state index contributed by atoms with van der Waals surface area (Å²) in [6.45, 7) is 2.56. The van der Waals surface area contributed by atoms with E-state index in [9.17, 15) is 22.8 Å². The van der Waals surface area contributed by atoms with Crippen LogP contribution in [-0.4, -0.2) is 36.2 Å². The summed E-state index contributed by atoms with van der Waals surface area (Å²) in [5.74, 6) is -1.70. The lowest BCUT2D eigenvalue weighted by Crippen LogP contribution is -2.28. The van der Waals surface area contributed by atoms with Crippen LogP contribution in [0.3, 0.4) is 0 Å². The molecule has 2 rings (SSSR count). The maximum absolute atomic E-state index is 12.3. The summed E-state index contributed by atoms with van der Waals surface area (Å²) in [6.07, 6.45) is -4.79. The Hall–Kier alpha value is -2.25. The van der Waals surface area contributed by atoms with Crippen LogP contribution in [-0.2, 0) is 9.59 Å². The number of nitrogens with one attached hydrogen (secondary N) is 1. The van der Waals surface area contributed by atoms with Gasteiger partial charge in [0.25, 0.3) is 0 Å². The van der Waals surface area contributed by atoms with E-state index in [1.165, 1.54) is 23.1 Å². The fraction of sp³-hybridized carbons (Fsp3) is 0.429.